The molecule has 1 N–H and O–H groups in total. The second-order valence-corrected chi connectivity index (χ2v) is 5.25. The van der Waals surface area contributed by atoms with Crippen LogP contribution in [0.5, 0.6) is 0 Å². The molecular formula is C15H22N2O. The zero-order valence-electron chi connectivity index (χ0n) is 11.7. The summed E-state index contributed by atoms with van der Waals surface area (Å²) < 4.78 is 0. The molecule has 2 atom stereocenters. The van der Waals surface area contributed by atoms with Crippen molar-refractivity contribution in [3.63, 3.8) is 0 Å². The summed E-state index contributed by atoms with van der Waals surface area (Å²) in [5.41, 5.74) is 3.39. The zero-order valence-corrected chi connectivity index (χ0v) is 11.7. The Labute approximate surface area is 109 Å². The summed E-state index contributed by atoms with van der Waals surface area (Å²) in [6.07, 6.45) is 1.09. The fourth-order valence-corrected chi connectivity index (χ4v) is 2.47. The van der Waals surface area contributed by atoms with Gasteiger partial charge in [-0.25, -0.2) is 0 Å². The maximum absolute atomic E-state index is 12.4. The van der Waals surface area contributed by atoms with E-state index in [1.54, 1.807) is 0 Å². The van der Waals surface area contributed by atoms with Crippen molar-refractivity contribution < 1.29 is 4.79 Å². The van der Waals surface area contributed by atoms with E-state index in [1.165, 1.54) is 5.56 Å². The summed E-state index contributed by atoms with van der Waals surface area (Å²) in [6, 6.07) is 6.09. The van der Waals surface area contributed by atoms with Crippen LogP contribution in [0.25, 0.3) is 0 Å². The molecule has 0 spiro atoms. The molecule has 1 aromatic rings. The number of likely N-dealkylation sites (N-methyl/N-ethyl adjacent to an activating group) is 1. The molecule has 1 aliphatic heterocycles. The number of hydrogen-bond donors (Lipinski definition) is 1. The van der Waals surface area contributed by atoms with Crippen LogP contribution in [0.3, 0.4) is 0 Å². The molecule has 2 rings (SSSR count). The minimum Gasteiger partial charge on any atom is -0.310 e. The molecule has 0 saturated heterocycles. The van der Waals surface area contributed by atoms with Gasteiger partial charge in [0.05, 0.1) is 0 Å². The van der Waals surface area contributed by atoms with Gasteiger partial charge in [-0.2, -0.15) is 0 Å². The lowest BCUT2D eigenvalue weighted by atomic mass is 10.1. The largest absolute Gasteiger partial charge is 0.310 e. The number of rotatable bonds is 4. The quantitative estimate of drug-likeness (QED) is 0.885. The average Bonchev–Trinajstić information content (AvgIpc) is 2.61. The molecular weight excluding hydrogens is 224 g/mol. The average molecular weight is 246 g/mol. The molecule has 3 nitrogen and oxygen atoms in total. The number of carbonyl (C=O) groups is 1. The maximum atomic E-state index is 12.4. The lowest BCUT2D eigenvalue weighted by Crippen LogP contribution is -2.35. The Bertz CT molecular complexity index is 456. The van der Waals surface area contributed by atoms with E-state index in [2.05, 4.69) is 44.3 Å². The molecule has 1 aliphatic rings. The van der Waals surface area contributed by atoms with Gasteiger partial charge in [-0.15, -0.1) is 0 Å². The second-order valence-electron chi connectivity index (χ2n) is 5.25. The SMILES string of the molecule is CCC(C)CN1C(=O)C(NC)c2cc(C)ccc21. The molecule has 1 amide bonds. The molecule has 3 heteroatoms. The highest BCUT2D eigenvalue weighted by Gasteiger charge is 2.36. The van der Waals surface area contributed by atoms with Crippen LogP contribution in [-0.2, 0) is 4.79 Å². The van der Waals surface area contributed by atoms with Crippen molar-refractivity contribution >= 4 is 11.6 Å². The standard InChI is InChI=1S/C15H22N2O/c1-5-10(2)9-17-13-7-6-11(3)8-12(13)14(16-4)15(17)18/h6-8,10,14,16H,5,9H2,1-4H3. The number of carbonyl (C=O) groups excluding carboxylic acids is 1. The number of hydrogen-bond acceptors (Lipinski definition) is 2. The van der Waals surface area contributed by atoms with Crippen molar-refractivity contribution in [3.05, 3.63) is 29.3 Å². The van der Waals surface area contributed by atoms with Crippen LogP contribution in [0.15, 0.2) is 18.2 Å². The minimum atomic E-state index is -0.177. The minimum absolute atomic E-state index is 0.177. The number of amides is 1. The fourth-order valence-electron chi connectivity index (χ4n) is 2.47. The van der Waals surface area contributed by atoms with Crippen LogP contribution in [0.1, 0.15) is 37.4 Å². The fraction of sp³-hybridized carbons (Fsp3) is 0.533. The van der Waals surface area contributed by atoms with E-state index in [0.717, 1.165) is 24.2 Å². The summed E-state index contributed by atoms with van der Waals surface area (Å²) in [6.45, 7) is 7.23. The van der Waals surface area contributed by atoms with E-state index in [0.29, 0.717) is 5.92 Å². The topological polar surface area (TPSA) is 32.3 Å². The molecule has 0 fully saturated rings. The molecule has 0 radical (unpaired) electrons. The van der Waals surface area contributed by atoms with Gasteiger partial charge in [0.15, 0.2) is 0 Å². The van der Waals surface area contributed by atoms with Crippen molar-refractivity contribution in [2.24, 2.45) is 5.92 Å². The third-order valence-electron chi connectivity index (χ3n) is 3.78. The lowest BCUT2D eigenvalue weighted by Gasteiger charge is -2.21. The Kier molecular flexibility index (Phi) is 3.71. The molecule has 0 aromatic heterocycles. The maximum Gasteiger partial charge on any atom is 0.248 e. The van der Waals surface area contributed by atoms with Gasteiger partial charge in [-0.3, -0.25) is 4.79 Å². The lowest BCUT2D eigenvalue weighted by molar-refractivity contribution is -0.120. The smallest absolute Gasteiger partial charge is 0.248 e. The third-order valence-corrected chi connectivity index (χ3v) is 3.78. The first kappa shape index (κ1) is 13.1. The van der Waals surface area contributed by atoms with Crippen LogP contribution in [0, 0.1) is 12.8 Å². The van der Waals surface area contributed by atoms with E-state index in [9.17, 15) is 4.79 Å². The highest BCUT2D eigenvalue weighted by molar-refractivity contribution is 6.04. The summed E-state index contributed by atoms with van der Waals surface area (Å²) in [5, 5.41) is 3.13. The van der Waals surface area contributed by atoms with Crippen LogP contribution in [0.4, 0.5) is 5.69 Å². The van der Waals surface area contributed by atoms with E-state index < -0.39 is 0 Å². The zero-order chi connectivity index (χ0) is 13.3. The highest BCUT2D eigenvalue weighted by atomic mass is 16.2. The van der Waals surface area contributed by atoms with Gasteiger partial charge < -0.3 is 10.2 Å². The number of aryl methyl sites for hydroxylation is 1. The summed E-state index contributed by atoms with van der Waals surface area (Å²) >= 11 is 0. The Morgan fingerprint density at radius 2 is 2.17 bits per heavy atom. The first-order chi connectivity index (χ1) is 8.58. The van der Waals surface area contributed by atoms with Crippen molar-refractivity contribution in [2.75, 3.05) is 18.5 Å². The van der Waals surface area contributed by atoms with Gasteiger partial charge in [-0.05, 0) is 26.0 Å². The van der Waals surface area contributed by atoms with Crippen LogP contribution >= 0.6 is 0 Å². The summed E-state index contributed by atoms with van der Waals surface area (Å²) in [7, 11) is 1.85. The van der Waals surface area contributed by atoms with Gasteiger partial charge in [0.25, 0.3) is 0 Å². The predicted molar refractivity (Wildman–Crippen MR) is 74.8 cm³/mol. The van der Waals surface area contributed by atoms with Crippen molar-refractivity contribution in [1.82, 2.24) is 5.32 Å². The molecule has 1 aromatic carbocycles. The number of anilines is 1. The Balaban J connectivity index is 2.37. The number of fused-ring (bicyclic) bond motifs is 1. The first-order valence-electron chi connectivity index (χ1n) is 6.67. The first-order valence-corrected chi connectivity index (χ1v) is 6.67. The number of nitrogens with zero attached hydrogens (tertiary/aromatic N) is 1. The van der Waals surface area contributed by atoms with Crippen molar-refractivity contribution in [3.8, 4) is 0 Å². The molecule has 0 saturated carbocycles. The summed E-state index contributed by atoms with van der Waals surface area (Å²) in [4.78, 5) is 14.4. The van der Waals surface area contributed by atoms with Crippen LogP contribution in [-0.4, -0.2) is 19.5 Å². The molecule has 0 aliphatic carbocycles. The molecule has 1 heterocycles. The molecule has 18 heavy (non-hydrogen) atoms. The van der Waals surface area contributed by atoms with Crippen LogP contribution in [0.2, 0.25) is 0 Å². The number of benzene rings is 1. The van der Waals surface area contributed by atoms with Crippen LogP contribution < -0.4 is 10.2 Å². The summed E-state index contributed by atoms with van der Waals surface area (Å²) in [5.74, 6) is 0.706. The molecule has 0 bridgehead atoms. The van der Waals surface area contributed by atoms with E-state index in [1.807, 2.05) is 11.9 Å². The normalized spacial score (nSPS) is 20.1. The van der Waals surface area contributed by atoms with Gasteiger partial charge in [0.2, 0.25) is 5.91 Å². The second kappa shape index (κ2) is 5.11. The van der Waals surface area contributed by atoms with E-state index in [4.69, 9.17) is 0 Å². The van der Waals surface area contributed by atoms with Gasteiger partial charge >= 0.3 is 0 Å². The Hall–Kier alpha value is -1.35. The third kappa shape index (κ3) is 2.15. The molecule has 2 unspecified atom stereocenters. The Morgan fingerprint density at radius 3 is 2.78 bits per heavy atom. The van der Waals surface area contributed by atoms with E-state index in [-0.39, 0.29) is 11.9 Å². The van der Waals surface area contributed by atoms with Crippen molar-refractivity contribution in [1.29, 1.82) is 0 Å². The van der Waals surface area contributed by atoms with Gasteiger partial charge in [-0.1, -0.05) is 38.0 Å². The predicted octanol–water partition coefficient (Wildman–Crippen LogP) is 2.65. The highest BCUT2D eigenvalue weighted by Crippen LogP contribution is 2.36. The monoisotopic (exact) mass is 246 g/mol. The molecule has 98 valence electrons. The number of nitrogens with one attached hydrogen (secondary N) is 1. The van der Waals surface area contributed by atoms with Crippen molar-refractivity contribution in [2.45, 2.75) is 33.2 Å². The van der Waals surface area contributed by atoms with E-state index >= 15 is 0 Å². The Morgan fingerprint density at radius 1 is 1.44 bits per heavy atom. The van der Waals surface area contributed by atoms with Gasteiger partial charge in [0, 0.05) is 17.8 Å². The van der Waals surface area contributed by atoms with Gasteiger partial charge in [0.1, 0.15) is 6.04 Å².